The van der Waals surface area contributed by atoms with Crippen molar-refractivity contribution in [1.82, 2.24) is 0 Å². The fraction of sp³-hybridized carbons (Fsp3) is 0.0588. The summed E-state index contributed by atoms with van der Waals surface area (Å²) >= 11 is 0. The summed E-state index contributed by atoms with van der Waals surface area (Å²) in [6.45, 7) is 4.70. The molecule has 0 unspecified atom stereocenters. The minimum atomic E-state index is -0.128. The predicted molar refractivity (Wildman–Crippen MR) is 222 cm³/mol. The lowest BCUT2D eigenvalue weighted by atomic mass is 9.82. The molecule has 53 heavy (non-hydrogen) atoms. The number of hydrogen-bond acceptors (Lipinski definition) is 2. The van der Waals surface area contributed by atoms with E-state index >= 15 is 0 Å². The van der Waals surface area contributed by atoms with Gasteiger partial charge in [-0.3, -0.25) is 0 Å². The number of para-hydroxylation sites is 2. The van der Waals surface area contributed by atoms with Crippen LogP contribution in [0.5, 0.6) is 0 Å². The van der Waals surface area contributed by atoms with Gasteiger partial charge in [-0.2, -0.15) is 0 Å². The number of benzene rings is 8. The van der Waals surface area contributed by atoms with Gasteiger partial charge in [0.15, 0.2) is 0 Å². The van der Waals surface area contributed by atoms with E-state index in [0.29, 0.717) is 0 Å². The molecule has 0 saturated heterocycles. The molecule has 0 bridgehead atoms. The van der Waals surface area contributed by atoms with E-state index in [9.17, 15) is 0 Å². The molecule has 0 spiro atoms. The molecule has 0 fully saturated rings. The normalized spacial score (nSPS) is 12.9. The number of nitrogens with zero attached hydrogens (tertiary/aromatic N) is 1. The monoisotopic (exact) mass is 679 g/mol. The highest BCUT2D eigenvalue weighted by molar-refractivity contribution is 6.09. The van der Waals surface area contributed by atoms with Crippen molar-refractivity contribution in [1.29, 1.82) is 0 Å². The molecule has 10 rings (SSSR count). The molecule has 0 atom stereocenters. The molecule has 2 heteroatoms. The van der Waals surface area contributed by atoms with Crippen molar-refractivity contribution in [2.24, 2.45) is 0 Å². The second kappa shape index (κ2) is 12.3. The van der Waals surface area contributed by atoms with Crippen LogP contribution >= 0.6 is 0 Å². The Morgan fingerprint density at radius 3 is 1.79 bits per heavy atom. The molecule has 0 aliphatic heterocycles. The quantitative estimate of drug-likeness (QED) is 0.174. The highest BCUT2D eigenvalue weighted by Gasteiger charge is 2.36. The van der Waals surface area contributed by atoms with Crippen LogP contribution in [0.25, 0.3) is 66.4 Å². The summed E-state index contributed by atoms with van der Waals surface area (Å²) in [4.78, 5) is 2.44. The first kappa shape index (κ1) is 31.1. The summed E-state index contributed by atoms with van der Waals surface area (Å²) < 4.78 is 6.45. The van der Waals surface area contributed by atoms with Gasteiger partial charge in [0.25, 0.3) is 0 Å². The Morgan fingerprint density at radius 1 is 0.396 bits per heavy atom. The van der Waals surface area contributed by atoms with Gasteiger partial charge in [-0.1, -0.05) is 166 Å². The Labute approximate surface area is 310 Å². The van der Waals surface area contributed by atoms with Crippen molar-refractivity contribution >= 4 is 39.0 Å². The maximum atomic E-state index is 6.45. The standard InChI is InChI=1S/C51H37NO/c1-51(2)46-22-11-9-18-42(46)43-31-29-39(33-47(43)51)52(48-32-37(34-14-5-3-6-15-34)26-30-40(48)35-16-7-4-8-17-35)38-27-24-36(25-28-38)41-20-13-21-45-44-19-10-12-23-49(44)53-50(41)45/h3-33H,1-2H3. The number of hydrogen-bond donors (Lipinski definition) is 0. The summed E-state index contributed by atoms with van der Waals surface area (Å²) in [6, 6.07) is 67.9. The van der Waals surface area contributed by atoms with Gasteiger partial charge in [0, 0.05) is 38.7 Å². The van der Waals surface area contributed by atoms with E-state index in [1.807, 2.05) is 12.1 Å². The smallest absolute Gasteiger partial charge is 0.143 e. The minimum absolute atomic E-state index is 0.128. The first-order chi connectivity index (χ1) is 26.0. The van der Waals surface area contributed by atoms with Gasteiger partial charge in [0.05, 0.1) is 5.69 Å². The largest absolute Gasteiger partial charge is 0.455 e. The van der Waals surface area contributed by atoms with Crippen molar-refractivity contribution < 1.29 is 4.42 Å². The lowest BCUT2D eigenvalue weighted by molar-refractivity contribution is 0.660. The van der Waals surface area contributed by atoms with Gasteiger partial charge < -0.3 is 9.32 Å². The number of fused-ring (bicyclic) bond motifs is 6. The molecule has 1 aromatic heterocycles. The second-order valence-electron chi connectivity index (χ2n) is 14.5. The first-order valence-electron chi connectivity index (χ1n) is 18.3. The molecule has 1 aliphatic carbocycles. The summed E-state index contributed by atoms with van der Waals surface area (Å²) in [5, 5.41) is 2.27. The van der Waals surface area contributed by atoms with E-state index in [2.05, 4.69) is 195 Å². The van der Waals surface area contributed by atoms with Crippen LogP contribution in [0.4, 0.5) is 17.1 Å². The van der Waals surface area contributed by atoms with E-state index in [1.54, 1.807) is 0 Å². The van der Waals surface area contributed by atoms with Crippen molar-refractivity contribution in [3.05, 3.63) is 199 Å². The fourth-order valence-corrected chi connectivity index (χ4v) is 8.41. The van der Waals surface area contributed by atoms with Gasteiger partial charge >= 0.3 is 0 Å². The summed E-state index contributed by atoms with van der Waals surface area (Å²) in [5.74, 6) is 0. The van der Waals surface area contributed by atoms with Gasteiger partial charge in [-0.05, 0) is 80.9 Å². The summed E-state index contributed by atoms with van der Waals surface area (Å²) in [5.41, 5.74) is 17.3. The van der Waals surface area contributed by atoms with Crippen molar-refractivity contribution in [3.63, 3.8) is 0 Å². The third kappa shape index (κ3) is 5.10. The molecule has 0 radical (unpaired) electrons. The number of anilines is 3. The van der Waals surface area contributed by atoms with Crippen molar-refractivity contribution in [2.45, 2.75) is 19.3 Å². The Balaban J connectivity index is 1.18. The van der Waals surface area contributed by atoms with Gasteiger partial charge in [0.2, 0.25) is 0 Å². The molecular formula is C51H37NO. The number of furan rings is 1. The van der Waals surface area contributed by atoms with Crippen LogP contribution in [0, 0.1) is 0 Å². The SMILES string of the molecule is CC1(C)c2ccccc2-c2ccc(N(c3ccc(-c4cccc5c4oc4ccccc45)cc3)c3cc(-c4ccccc4)ccc3-c3ccccc3)cc21. The molecule has 8 aromatic carbocycles. The highest BCUT2D eigenvalue weighted by Crippen LogP contribution is 2.51. The van der Waals surface area contributed by atoms with Crippen LogP contribution in [0.2, 0.25) is 0 Å². The Kier molecular flexibility index (Phi) is 7.19. The molecule has 1 heterocycles. The topological polar surface area (TPSA) is 16.4 Å². The van der Waals surface area contributed by atoms with Gasteiger partial charge in [-0.25, -0.2) is 0 Å². The summed E-state index contributed by atoms with van der Waals surface area (Å²) in [6.07, 6.45) is 0. The van der Waals surface area contributed by atoms with E-state index in [-0.39, 0.29) is 5.41 Å². The number of rotatable bonds is 6. The molecule has 9 aromatic rings. The van der Waals surface area contributed by atoms with Gasteiger partial charge in [-0.15, -0.1) is 0 Å². The minimum Gasteiger partial charge on any atom is -0.455 e. The fourth-order valence-electron chi connectivity index (χ4n) is 8.41. The maximum absolute atomic E-state index is 6.45. The molecule has 1 aliphatic rings. The van der Waals surface area contributed by atoms with E-state index < -0.39 is 0 Å². The third-order valence-corrected chi connectivity index (χ3v) is 11.1. The molecule has 2 nitrogen and oxygen atoms in total. The zero-order chi connectivity index (χ0) is 35.5. The Hall–Kier alpha value is -6.64. The van der Waals surface area contributed by atoms with Crippen LogP contribution in [0.1, 0.15) is 25.0 Å². The van der Waals surface area contributed by atoms with E-state index in [4.69, 9.17) is 4.42 Å². The summed E-state index contributed by atoms with van der Waals surface area (Å²) in [7, 11) is 0. The van der Waals surface area contributed by atoms with E-state index in [1.165, 1.54) is 44.5 Å². The van der Waals surface area contributed by atoms with Crippen LogP contribution in [0.3, 0.4) is 0 Å². The van der Waals surface area contributed by atoms with Crippen LogP contribution in [-0.2, 0) is 5.41 Å². The van der Waals surface area contributed by atoms with E-state index in [0.717, 1.165) is 50.1 Å². The molecule has 0 N–H and O–H groups in total. The molecule has 0 amide bonds. The Bertz CT molecular complexity index is 2790. The molecule has 0 saturated carbocycles. The molecular weight excluding hydrogens is 643 g/mol. The average molecular weight is 680 g/mol. The highest BCUT2D eigenvalue weighted by atomic mass is 16.3. The second-order valence-corrected chi connectivity index (χ2v) is 14.5. The third-order valence-electron chi connectivity index (χ3n) is 11.1. The molecule has 252 valence electrons. The average Bonchev–Trinajstić information content (AvgIpc) is 3.71. The first-order valence-corrected chi connectivity index (χ1v) is 18.3. The van der Waals surface area contributed by atoms with Crippen molar-refractivity contribution in [3.8, 4) is 44.5 Å². The van der Waals surface area contributed by atoms with Crippen LogP contribution in [0.15, 0.2) is 192 Å². The van der Waals surface area contributed by atoms with Gasteiger partial charge in [0.1, 0.15) is 11.2 Å². The zero-order valence-electron chi connectivity index (χ0n) is 29.8. The lowest BCUT2D eigenvalue weighted by Crippen LogP contribution is -2.17. The van der Waals surface area contributed by atoms with Crippen LogP contribution < -0.4 is 4.90 Å². The van der Waals surface area contributed by atoms with Crippen molar-refractivity contribution in [2.75, 3.05) is 4.90 Å². The van der Waals surface area contributed by atoms with Crippen LogP contribution in [-0.4, -0.2) is 0 Å². The Morgan fingerprint density at radius 2 is 0.981 bits per heavy atom. The maximum Gasteiger partial charge on any atom is 0.143 e. The lowest BCUT2D eigenvalue weighted by Gasteiger charge is -2.30. The predicted octanol–water partition coefficient (Wildman–Crippen LogP) is 14.4. The zero-order valence-corrected chi connectivity index (χ0v) is 29.8.